The first-order valence-corrected chi connectivity index (χ1v) is 15.8. The predicted molar refractivity (Wildman–Crippen MR) is 178 cm³/mol. The Morgan fingerprint density at radius 1 is 0.651 bits per heavy atom. The number of hydrogen-bond acceptors (Lipinski definition) is 1. The lowest BCUT2D eigenvalue weighted by molar-refractivity contribution is 0.343. The second-order valence-corrected chi connectivity index (χ2v) is 12.6. The SMILES string of the molecule is C1=CC2=C(CC=C1c1ccccc1)C1CC(c3ccc4c(c3)-c3c(-c5cccnc5)cccc3C3CCC43)=CC=C1C=C2. The fraction of sp³-hybridized carbons (Fsp3) is 0.167. The average Bonchev–Trinajstić information content (AvgIpc) is 3.28. The van der Waals surface area contributed by atoms with Gasteiger partial charge in [-0.2, -0.15) is 0 Å². The molecule has 0 radical (unpaired) electrons. The Labute approximate surface area is 254 Å². The van der Waals surface area contributed by atoms with E-state index in [1.54, 1.807) is 5.57 Å². The third-order valence-corrected chi connectivity index (χ3v) is 10.5. The highest BCUT2D eigenvalue weighted by molar-refractivity contribution is 5.91. The summed E-state index contributed by atoms with van der Waals surface area (Å²) in [5.74, 6) is 1.70. The molecule has 1 heterocycles. The van der Waals surface area contributed by atoms with Gasteiger partial charge in [0, 0.05) is 23.9 Å². The molecule has 3 atom stereocenters. The Hall–Kier alpha value is -4.75. The van der Waals surface area contributed by atoms with Crippen molar-refractivity contribution in [3.05, 3.63) is 173 Å². The van der Waals surface area contributed by atoms with Crippen LogP contribution in [-0.2, 0) is 0 Å². The highest BCUT2D eigenvalue weighted by atomic mass is 14.6. The van der Waals surface area contributed by atoms with E-state index in [9.17, 15) is 0 Å². The van der Waals surface area contributed by atoms with Gasteiger partial charge >= 0.3 is 0 Å². The molecule has 1 heteroatoms. The second-order valence-electron chi connectivity index (χ2n) is 12.6. The van der Waals surface area contributed by atoms with Crippen molar-refractivity contribution in [3.8, 4) is 22.3 Å². The third kappa shape index (κ3) is 4.02. The zero-order valence-corrected chi connectivity index (χ0v) is 24.2. The van der Waals surface area contributed by atoms with Crippen LogP contribution >= 0.6 is 0 Å². The van der Waals surface area contributed by atoms with E-state index in [0.29, 0.717) is 17.8 Å². The summed E-state index contributed by atoms with van der Waals surface area (Å²) in [5.41, 5.74) is 18.2. The van der Waals surface area contributed by atoms with Gasteiger partial charge in [-0.25, -0.2) is 0 Å². The van der Waals surface area contributed by atoms with Gasteiger partial charge in [0.2, 0.25) is 0 Å². The lowest BCUT2D eigenvalue weighted by atomic mass is 9.60. The van der Waals surface area contributed by atoms with Gasteiger partial charge in [-0.15, -0.1) is 0 Å². The Kier molecular flexibility index (Phi) is 5.72. The molecule has 0 amide bonds. The van der Waals surface area contributed by atoms with Gasteiger partial charge in [-0.3, -0.25) is 4.98 Å². The number of fused-ring (bicyclic) bond motifs is 8. The number of pyridine rings is 1. The van der Waals surface area contributed by atoms with Crippen molar-refractivity contribution in [1.29, 1.82) is 0 Å². The predicted octanol–water partition coefficient (Wildman–Crippen LogP) is 10.6. The van der Waals surface area contributed by atoms with Crippen LogP contribution in [0, 0.1) is 5.92 Å². The van der Waals surface area contributed by atoms with Crippen molar-refractivity contribution in [2.45, 2.75) is 37.5 Å². The van der Waals surface area contributed by atoms with Crippen molar-refractivity contribution < 1.29 is 0 Å². The summed E-state index contributed by atoms with van der Waals surface area (Å²) >= 11 is 0. The molecular formula is C42H33N. The maximum Gasteiger partial charge on any atom is 0.0346 e. The van der Waals surface area contributed by atoms with E-state index in [4.69, 9.17) is 0 Å². The molecule has 3 aromatic carbocycles. The summed E-state index contributed by atoms with van der Waals surface area (Å²) in [6.07, 6.45) is 25.0. The van der Waals surface area contributed by atoms with Gasteiger partial charge < -0.3 is 0 Å². The number of hydrogen-bond donors (Lipinski definition) is 0. The third-order valence-electron chi connectivity index (χ3n) is 10.5. The Bertz CT molecular complexity index is 1960. The summed E-state index contributed by atoms with van der Waals surface area (Å²) in [5, 5.41) is 0. The summed E-state index contributed by atoms with van der Waals surface area (Å²) in [4.78, 5) is 4.47. The molecule has 5 aliphatic carbocycles. The summed E-state index contributed by atoms with van der Waals surface area (Å²) in [6.45, 7) is 0. The van der Waals surface area contributed by atoms with Gasteiger partial charge in [0.05, 0.1) is 0 Å². The van der Waals surface area contributed by atoms with E-state index in [-0.39, 0.29) is 0 Å². The van der Waals surface area contributed by atoms with Crippen LogP contribution in [0.25, 0.3) is 33.4 Å². The van der Waals surface area contributed by atoms with Crippen molar-refractivity contribution in [1.82, 2.24) is 4.98 Å². The summed E-state index contributed by atoms with van der Waals surface area (Å²) < 4.78 is 0. The molecule has 0 bridgehead atoms. The number of aromatic nitrogens is 1. The molecule has 1 aromatic heterocycles. The maximum absolute atomic E-state index is 4.47. The first kappa shape index (κ1) is 24.8. The van der Waals surface area contributed by atoms with Crippen LogP contribution in [0.4, 0.5) is 0 Å². The van der Waals surface area contributed by atoms with Crippen LogP contribution in [0.5, 0.6) is 0 Å². The molecule has 43 heavy (non-hydrogen) atoms. The van der Waals surface area contributed by atoms with Gasteiger partial charge in [0.1, 0.15) is 0 Å². The molecule has 0 spiro atoms. The average molecular weight is 552 g/mol. The fourth-order valence-electron chi connectivity index (χ4n) is 8.14. The van der Waals surface area contributed by atoms with Crippen LogP contribution in [0.15, 0.2) is 151 Å². The molecule has 9 rings (SSSR count). The van der Waals surface area contributed by atoms with Crippen LogP contribution in [0.3, 0.4) is 0 Å². The normalized spacial score (nSPS) is 22.9. The van der Waals surface area contributed by atoms with Gasteiger partial charge in [0.25, 0.3) is 0 Å². The Morgan fingerprint density at radius 2 is 1.51 bits per heavy atom. The second kappa shape index (κ2) is 9.92. The highest BCUT2D eigenvalue weighted by Crippen LogP contribution is 2.59. The lowest BCUT2D eigenvalue weighted by Gasteiger charge is -2.44. The largest absolute Gasteiger partial charge is 0.264 e. The molecule has 0 aliphatic heterocycles. The van der Waals surface area contributed by atoms with E-state index >= 15 is 0 Å². The molecule has 1 fully saturated rings. The van der Waals surface area contributed by atoms with Crippen LogP contribution in [-0.4, -0.2) is 4.98 Å². The summed E-state index contributed by atoms with van der Waals surface area (Å²) in [7, 11) is 0. The minimum Gasteiger partial charge on any atom is -0.264 e. The van der Waals surface area contributed by atoms with E-state index in [0.717, 1.165) is 12.8 Å². The summed E-state index contributed by atoms with van der Waals surface area (Å²) in [6, 6.07) is 29.3. The van der Waals surface area contributed by atoms with Crippen molar-refractivity contribution in [3.63, 3.8) is 0 Å². The van der Waals surface area contributed by atoms with Crippen molar-refractivity contribution >= 4 is 11.1 Å². The quantitative estimate of drug-likeness (QED) is 0.247. The molecule has 0 saturated heterocycles. The smallest absolute Gasteiger partial charge is 0.0346 e. The molecule has 5 aliphatic rings. The number of nitrogens with zero attached hydrogens (tertiary/aromatic N) is 1. The Balaban J connectivity index is 1.09. The van der Waals surface area contributed by atoms with Crippen LogP contribution in [0.2, 0.25) is 0 Å². The maximum atomic E-state index is 4.47. The number of benzene rings is 3. The minimum atomic E-state index is 0.418. The van der Waals surface area contributed by atoms with E-state index < -0.39 is 0 Å². The monoisotopic (exact) mass is 551 g/mol. The molecule has 1 saturated carbocycles. The topological polar surface area (TPSA) is 12.9 Å². The van der Waals surface area contributed by atoms with E-state index in [2.05, 4.69) is 126 Å². The van der Waals surface area contributed by atoms with Gasteiger partial charge in [-0.1, -0.05) is 115 Å². The zero-order chi connectivity index (χ0) is 28.3. The van der Waals surface area contributed by atoms with E-state index in [1.807, 2.05) is 12.4 Å². The lowest BCUT2D eigenvalue weighted by Crippen LogP contribution is -2.26. The standard InChI is InChI=1S/C42H33N/c1-2-6-27(7-3-1)28-11-12-29-13-14-30-15-16-31(24-40(30)34(29)19-17-28)32-18-20-38-36-21-22-37(36)39-10-4-9-35(42(39)41(38)25-32)33-8-5-23-43-26-33/h1-18,20,23,25-26,36-37,40H,19,21-22,24H2. The first-order valence-electron chi connectivity index (χ1n) is 15.8. The van der Waals surface area contributed by atoms with Crippen LogP contribution < -0.4 is 0 Å². The zero-order valence-electron chi connectivity index (χ0n) is 24.2. The highest BCUT2D eigenvalue weighted by Gasteiger charge is 2.41. The van der Waals surface area contributed by atoms with Crippen molar-refractivity contribution in [2.75, 3.05) is 0 Å². The van der Waals surface area contributed by atoms with E-state index in [1.165, 1.54) is 79.6 Å². The van der Waals surface area contributed by atoms with Gasteiger partial charge in [0.15, 0.2) is 0 Å². The number of rotatable bonds is 3. The number of allylic oxidation sites excluding steroid dienone is 12. The minimum absolute atomic E-state index is 0.418. The first-order chi connectivity index (χ1) is 21.3. The molecule has 4 aromatic rings. The molecular weight excluding hydrogens is 518 g/mol. The molecule has 206 valence electrons. The van der Waals surface area contributed by atoms with Crippen molar-refractivity contribution in [2.24, 2.45) is 5.92 Å². The van der Waals surface area contributed by atoms with Crippen LogP contribution in [0.1, 0.15) is 59.8 Å². The molecule has 0 N–H and O–H groups in total. The van der Waals surface area contributed by atoms with Gasteiger partial charge in [-0.05, 0) is 111 Å². The fourth-order valence-corrected chi connectivity index (χ4v) is 8.14. The Morgan fingerprint density at radius 3 is 2.37 bits per heavy atom. The molecule has 1 nitrogen and oxygen atoms in total. The molecule has 3 unspecified atom stereocenters.